The molecule has 0 saturated heterocycles. The molecule has 0 aliphatic rings. The molecule has 0 aliphatic carbocycles. The van der Waals surface area contributed by atoms with Crippen molar-refractivity contribution < 1.29 is 14.6 Å². The van der Waals surface area contributed by atoms with Gasteiger partial charge in [0.05, 0.1) is 19.1 Å². The predicted molar refractivity (Wildman–Crippen MR) is 135 cm³/mol. The number of esters is 1. The number of aliphatic hydroxyl groups excluding tert-OH is 1. The summed E-state index contributed by atoms with van der Waals surface area (Å²) in [6.07, 6.45) is 27.5. The van der Waals surface area contributed by atoms with Crippen LogP contribution in [0.25, 0.3) is 0 Å². The molecule has 0 bridgehead atoms. The number of ether oxygens (including phenoxy) is 1. The van der Waals surface area contributed by atoms with Crippen molar-refractivity contribution in [2.45, 2.75) is 168 Å². The van der Waals surface area contributed by atoms with Crippen molar-refractivity contribution in [3.8, 4) is 0 Å². The molecule has 0 aromatic carbocycles. The third-order valence-corrected chi connectivity index (χ3v) is 6.30. The fourth-order valence-electron chi connectivity index (χ4n) is 4.17. The van der Waals surface area contributed by atoms with Crippen LogP contribution in [0, 0.1) is 0 Å². The van der Waals surface area contributed by atoms with Gasteiger partial charge in [0.2, 0.25) is 0 Å². The van der Waals surface area contributed by atoms with Gasteiger partial charge < -0.3 is 9.84 Å². The van der Waals surface area contributed by atoms with E-state index in [0.29, 0.717) is 6.61 Å². The van der Waals surface area contributed by atoms with Gasteiger partial charge in [-0.05, 0) is 12.8 Å². The minimum absolute atomic E-state index is 0.162. The molecule has 1 N–H and O–H groups in total. The largest absolute Gasteiger partial charge is 0.466 e. The van der Waals surface area contributed by atoms with Crippen molar-refractivity contribution in [2.75, 3.05) is 6.61 Å². The lowest BCUT2D eigenvalue weighted by Gasteiger charge is -2.10. The van der Waals surface area contributed by atoms with Crippen molar-refractivity contribution in [3.05, 3.63) is 0 Å². The molecule has 0 aromatic rings. The highest BCUT2D eigenvalue weighted by Gasteiger charge is 2.11. The van der Waals surface area contributed by atoms with E-state index in [4.69, 9.17) is 4.74 Å². The summed E-state index contributed by atoms with van der Waals surface area (Å²) in [5.41, 5.74) is 0. The molecule has 0 amide bonds. The summed E-state index contributed by atoms with van der Waals surface area (Å²) in [6, 6.07) is 0. The van der Waals surface area contributed by atoms with E-state index in [9.17, 15) is 9.90 Å². The van der Waals surface area contributed by atoms with Crippen LogP contribution in [0.1, 0.15) is 162 Å². The number of unbranched alkanes of at least 4 members (excludes halogenated alkanes) is 19. The predicted octanol–water partition coefficient (Wildman–Crippen LogP) is 8.90. The van der Waals surface area contributed by atoms with Crippen LogP contribution in [0.15, 0.2) is 0 Å². The monoisotopic (exact) mass is 440 g/mol. The van der Waals surface area contributed by atoms with E-state index in [0.717, 1.165) is 25.7 Å². The summed E-state index contributed by atoms with van der Waals surface area (Å²) >= 11 is 0. The fourth-order valence-corrected chi connectivity index (χ4v) is 4.17. The molecule has 3 heteroatoms. The molecule has 0 aromatic heterocycles. The van der Waals surface area contributed by atoms with E-state index in [2.05, 4.69) is 13.8 Å². The van der Waals surface area contributed by atoms with E-state index >= 15 is 0 Å². The van der Waals surface area contributed by atoms with E-state index < -0.39 is 6.10 Å². The van der Waals surface area contributed by atoms with Crippen molar-refractivity contribution in [1.29, 1.82) is 0 Å². The zero-order chi connectivity index (χ0) is 22.8. The van der Waals surface area contributed by atoms with Gasteiger partial charge >= 0.3 is 5.97 Å². The Bertz CT molecular complexity index is 356. The summed E-state index contributed by atoms with van der Waals surface area (Å²) in [4.78, 5) is 11.8. The first-order valence-electron chi connectivity index (χ1n) is 14.0. The van der Waals surface area contributed by atoms with Gasteiger partial charge in [-0.25, -0.2) is 0 Å². The van der Waals surface area contributed by atoms with Crippen molar-refractivity contribution in [2.24, 2.45) is 0 Å². The Labute approximate surface area is 195 Å². The van der Waals surface area contributed by atoms with Gasteiger partial charge in [-0.3, -0.25) is 4.79 Å². The van der Waals surface area contributed by atoms with Crippen LogP contribution in [0.2, 0.25) is 0 Å². The normalized spacial score (nSPS) is 12.2. The first-order valence-corrected chi connectivity index (χ1v) is 14.0. The molecule has 31 heavy (non-hydrogen) atoms. The molecule has 1 atom stereocenters. The van der Waals surface area contributed by atoms with E-state index in [1.54, 1.807) is 0 Å². The number of hydrogen-bond acceptors (Lipinski definition) is 3. The second-order valence-electron chi connectivity index (χ2n) is 9.58. The van der Waals surface area contributed by atoms with E-state index in [1.807, 2.05) is 0 Å². The van der Waals surface area contributed by atoms with Crippen molar-refractivity contribution in [1.82, 2.24) is 0 Å². The SMILES string of the molecule is CCCCCCCCCCCCCCOC(=O)CC(O)CCCCCCCCCCC. The zero-order valence-corrected chi connectivity index (χ0v) is 21.3. The van der Waals surface area contributed by atoms with Gasteiger partial charge in [-0.1, -0.05) is 142 Å². The Morgan fingerprint density at radius 2 is 0.935 bits per heavy atom. The van der Waals surface area contributed by atoms with Gasteiger partial charge in [-0.2, -0.15) is 0 Å². The molecule has 0 aliphatic heterocycles. The maximum Gasteiger partial charge on any atom is 0.308 e. The van der Waals surface area contributed by atoms with Crippen LogP contribution in [0.5, 0.6) is 0 Å². The van der Waals surface area contributed by atoms with Crippen molar-refractivity contribution in [3.63, 3.8) is 0 Å². The second kappa shape index (κ2) is 25.7. The molecule has 0 spiro atoms. The standard InChI is InChI=1S/C28H56O3/c1-3-5-7-9-11-13-14-15-17-19-21-23-25-31-28(30)26-27(29)24-22-20-18-16-12-10-8-6-4-2/h27,29H,3-26H2,1-2H3. The summed E-state index contributed by atoms with van der Waals surface area (Å²) in [5.74, 6) is -0.230. The first kappa shape index (κ1) is 30.4. The Morgan fingerprint density at radius 1 is 0.581 bits per heavy atom. The maximum absolute atomic E-state index is 11.8. The van der Waals surface area contributed by atoms with E-state index in [-0.39, 0.29) is 12.4 Å². The molecule has 0 radical (unpaired) electrons. The highest BCUT2D eigenvalue weighted by molar-refractivity contribution is 5.69. The molecule has 3 nitrogen and oxygen atoms in total. The molecule has 1 unspecified atom stereocenters. The van der Waals surface area contributed by atoms with Crippen LogP contribution in [0.3, 0.4) is 0 Å². The molecule has 0 saturated carbocycles. The highest BCUT2D eigenvalue weighted by Crippen LogP contribution is 2.14. The average molecular weight is 441 g/mol. The smallest absolute Gasteiger partial charge is 0.308 e. The molecule has 0 heterocycles. The minimum Gasteiger partial charge on any atom is -0.466 e. The second-order valence-corrected chi connectivity index (χ2v) is 9.58. The Kier molecular flexibility index (Phi) is 25.2. The molecule has 186 valence electrons. The highest BCUT2D eigenvalue weighted by atomic mass is 16.5. The van der Waals surface area contributed by atoms with Crippen LogP contribution in [-0.2, 0) is 9.53 Å². The van der Waals surface area contributed by atoms with Crippen LogP contribution in [0.4, 0.5) is 0 Å². The van der Waals surface area contributed by atoms with Gasteiger partial charge in [0.15, 0.2) is 0 Å². The lowest BCUT2D eigenvalue weighted by atomic mass is 10.0. The third kappa shape index (κ3) is 25.6. The lowest BCUT2D eigenvalue weighted by Crippen LogP contribution is -2.16. The molecular weight excluding hydrogens is 384 g/mol. The van der Waals surface area contributed by atoms with Crippen LogP contribution in [-0.4, -0.2) is 23.8 Å². The Hall–Kier alpha value is -0.570. The topological polar surface area (TPSA) is 46.5 Å². The fraction of sp³-hybridized carbons (Fsp3) is 0.964. The van der Waals surface area contributed by atoms with Gasteiger partial charge in [-0.15, -0.1) is 0 Å². The van der Waals surface area contributed by atoms with Gasteiger partial charge in [0.25, 0.3) is 0 Å². The zero-order valence-electron chi connectivity index (χ0n) is 21.3. The van der Waals surface area contributed by atoms with Gasteiger partial charge in [0, 0.05) is 0 Å². The molecular formula is C28H56O3. The minimum atomic E-state index is -0.529. The summed E-state index contributed by atoms with van der Waals surface area (Å²) in [6.45, 7) is 5.03. The first-order chi connectivity index (χ1) is 15.2. The third-order valence-electron chi connectivity index (χ3n) is 6.30. The summed E-state index contributed by atoms with van der Waals surface area (Å²) in [5, 5.41) is 10.0. The summed E-state index contributed by atoms with van der Waals surface area (Å²) < 4.78 is 5.30. The summed E-state index contributed by atoms with van der Waals surface area (Å²) in [7, 11) is 0. The molecule has 0 rings (SSSR count). The lowest BCUT2D eigenvalue weighted by molar-refractivity contribution is -0.146. The maximum atomic E-state index is 11.8. The van der Waals surface area contributed by atoms with Crippen LogP contribution < -0.4 is 0 Å². The van der Waals surface area contributed by atoms with Crippen molar-refractivity contribution >= 4 is 5.97 Å². The number of rotatable bonds is 25. The van der Waals surface area contributed by atoms with Crippen LogP contribution >= 0.6 is 0 Å². The number of carbonyl (C=O) groups excluding carboxylic acids is 1. The Balaban J connectivity index is 3.29. The number of aliphatic hydroxyl groups is 1. The number of hydrogen-bond donors (Lipinski definition) is 1. The van der Waals surface area contributed by atoms with E-state index in [1.165, 1.54) is 116 Å². The van der Waals surface area contributed by atoms with Gasteiger partial charge in [0.1, 0.15) is 0 Å². The average Bonchev–Trinajstić information content (AvgIpc) is 2.75. The quantitative estimate of drug-likeness (QED) is 0.114. The molecule has 0 fully saturated rings. The number of carbonyl (C=O) groups is 1. The Morgan fingerprint density at radius 3 is 1.35 bits per heavy atom.